The highest BCUT2D eigenvalue weighted by Gasteiger charge is 2.12. The van der Waals surface area contributed by atoms with Crippen LogP contribution >= 0.6 is 15.9 Å². The van der Waals surface area contributed by atoms with Gasteiger partial charge >= 0.3 is 0 Å². The molecule has 0 aromatic carbocycles. The van der Waals surface area contributed by atoms with Crippen molar-refractivity contribution in [3.8, 4) is 0 Å². The molecular weight excluding hydrogens is 184 g/mol. The third kappa shape index (κ3) is 3.89. The summed E-state index contributed by atoms with van der Waals surface area (Å²) in [6.07, 6.45) is 1.32. The van der Waals surface area contributed by atoms with Gasteiger partial charge in [0.05, 0.1) is 12.7 Å². The van der Waals surface area contributed by atoms with Gasteiger partial charge in [0.15, 0.2) is 0 Å². The molecule has 0 amide bonds. The van der Waals surface area contributed by atoms with Crippen LogP contribution in [0.3, 0.4) is 0 Å². The standard InChI is InChI=1S/C6H13BrO2/c1-2-3-5(7)6(9)4-8/h5-6,8-9H,2-4H2,1H3/t5-,6+/m0/s1. The van der Waals surface area contributed by atoms with E-state index in [-0.39, 0.29) is 11.4 Å². The van der Waals surface area contributed by atoms with Crippen LogP contribution in [-0.2, 0) is 0 Å². The van der Waals surface area contributed by atoms with E-state index in [9.17, 15) is 0 Å². The van der Waals surface area contributed by atoms with Gasteiger partial charge in [0.2, 0.25) is 0 Å². The van der Waals surface area contributed by atoms with Crippen molar-refractivity contribution >= 4 is 15.9 Å². The topological polar surface area (TPSA) is 40.5 Å². The molecule has 0 spiro atoms. The summed E-state index contributed by atoms with van der Waals surface area (Å²) >= 11 is 3.25. The Kier molecular flexibility index (Phi) is 5.44. The van der Waals surface area contributed by atoms with Gasteiger partial charge in [-0.1, -0.05) is 29.3 Å². The zero-order valence-electron chi connectivity index (χ0n) is 5.55. The molecule has 2 nitrogen and oxygen atoms in total. The average molecular weight is 197 g/mol. The highest BCUT2D eigenvalue weighted by Crippen LogP contribution is 2.11. The Balaban J connectivity index is 3.32. The fourth-order valence-corrected chi connectivity index (χ4v) is 1.21. The maximum atomic E-state index is 8.96. The van der Waals surface area contributed by atoms with Crippen LogP contribution < -0.4 is 0 Å². The second kappa shape index (κ2) is 5.21. The Bertz CT molecular complexity index is 68.1. The first-order valence-electron chi connectivity index (χ1n) is 3.15. The summed E-state index contributed by atoms with van der Waals surface area (Å²) in [6, 6.07) is 0. The molecule has 3 heteroatoms. The first-order chi connectivity index (χ1) is 4.22. The van der Waals surface area contributed by atoms with Crippen molar-refractivity contribution in [2.24, 2.45) is 0 Å². The molecule has 0 aliphatic rings. The molecule has 0 aliphatic carbocycles. The van der Waals surface area contributed by atoms with E-state index in [1.54, 1.807) is 0 Å². The predicted molar refractivity (Wildman–Crippen MR) is 40.7 cm³/mol. The monoisotopic (exact) mass is 196 g/mol. The van der Waals surface area contributed by atoms with Gasteiger partial charge in [-0.3, -0.25) is 0 Å². The van der Waals surface area contributed by atoms with E-state index in [4.69, 9.17) is 10.2 Å². The Morgan fingerprint density at radius 2 is 2.11 bits per heavy atom. The third-order valence-corrected chi connectivity index (χ3v) is 2.24. The summed E-state index contributed by atoms with van der Waals surface area (Å²) < 4.78 is 0. The molecule has 2 atom stereocenters. The SMILES string of the molecule is CCC[C@H](Br)[C@H](O)CO. The van der Waals surface area contributed by atoms with Gasteiger partial charge in [0.1, 0.15) is 0 Å². The van der Waals surface area contributed by atoms with Gasteiger partial charge in [0, 0.05) is 4.83 Å². The minimum atomic E-state index is -0.607. The molecule has 2 N–H and O–H groups in total. The predicted octanol–water partition coefficient (Wildman–Crippen LogP) is 0.903. The van der Waals surface area contributed by atoms with Crippen molar-refractivity contribution in [3.63, 3.8) is 0 Å². The molecule has 56 valence electrons. The molecular formula is C6H13BrO2. The Morgan fingerprint density at radius 1 is 1.56 bits per heavy atom. The van der Waals surface area contributed by atoms with Crippen LogP contribution in [-0.4, -0.2) is 27.8 Å². The maximum Gasteiger partial charge on any atom is 0.0895 e. The van der Waals surface area contributed by atoms with Crippen LogP contribution in [0, 0.1) is 0 Å². The third-order valence-electron chi connectivity index (χ3n) is 1.17. The number of aliphatic hydroxyl groups excluding tert-OH is 2. The second-order valence-electron chi connectivity index (χ2n) is 2.05. The van der Waals surface area contributed by atoms with Crippen LogP contribution in [0.25, 0.3) is 0 Å². The lowest BCUT2D eigenvalue weighted by Crippen LogP contribution is -2.23. The van der Waals surface area contributed by atoms with Crippen LogP contribution in [0.5, 0.6) is 0 Å². The van der Waals surface area contributed by atoms with E-state index in [0.29, 0.717) is 0 Å². The van der Waals surface area contributed by atoms with Crippen LogP contribution in [0.4, 0.5) is 0 Å². The fourth-order valence-electron chi connectivity index (χ4n) is 0.583. The number of aliphatic hydroxyl groups is 2. The van der Waals surface area contributed by atoms with E-state index in [0.717, 1.165) is 12.8 Å². The molecule has 0 aromatic rings. The van der Waals surface area contributed by atoms with Crippen molar-refractivity contribution < 1.29 is 10.2 Å². The lowest BCUT2D eigenvalue weighted by molar-refractivity contribution is 0.0926. The highest BCUT2D eigenvalue weighted by atomic mass is 79.9. The number of hydrogen-bond donors (Lipinski definition) is 2. The average Bonchev–Trinajstić information content (AvgIpc) is 1.87. The summed E-state index contributed by atoms with van der Waals surface area (Å²) in [7, 11) is 0. The largest absolute Gasteiger partial charge is 0.394 e. The van der Waals surface area contributed by atoms with Gasteiger partial charge in [-0.15, -0.1) is 0 Å². The van der Waals surface area contributed by atoms with Crippen molar-refractivity contribution in [2.75, 3.05) is 6.61 Å². The fraction of sp³-hybridized carbons (Fsp3) is 1.00. The zero-order valence-corrected chi connectivity index (χ0v) is 7.13. The van der Waals surface area contributed by atoms with Gasteiger partial charge in [-0.05, 0) is 6.42 Å². The van der Waals surface area contributed by atoms with E-state index >= 15 is 0 Å². The Morgan fingerprint density at radius 3 is 2.44 bits per heavy atom. The summed E-state index contributed by atoms with van der Waals surface area (Å²) in [5.74, 6) is 0. The van der Waals surface area contributed by atoms with Gasteiger partial charge in [0.25, 0.3) is 0 Å². The summed E-state index contributed by atoms with van der Waals surface area (Å²) in [5, 5.41) is 17.4. The van der Waals surface area contributed by atoms with Gasteiger partial charge < -0.3 is 10.2 Å². The molecule has 0 radical (unpaired) electrons. The normalized spacial score (nSPS) is 17.3. The summed E-state index contributed by atoms with van der Waals surface area (Å²) in [6.45, 7) is 1.88. The molecule has 9 heavy (non-hydrogen) atoms. The van der Waals surface area contributed by atoms with Crippen molar-refractivity contribution in [1.82, 2.24) is 0 Å². The first kappa shape index (κ1) is 9.40. The molecule has 0 heterocycles. The van der Waals surface area contributed by atoms with E-state index in [2.05, 4.69) is 15.9 Å². The van der Waals surface area contributed by atoms with Gasteiger partial charge in [-0.25, -0.2) is 0 Å². The second-order valence-corrected chi connectivity index (χ2v) is 3.23. The number of rotatable bonds is 4. The number of alkyl halides is 1. The molecule has 0 fully saturated rings. The van der Waals surface area contributed by atoms with Crippen LogP contribution in [0.2, 0.25) is 0 Å². The highest BCUT2D eigenvalue weighted by molar-refractivity contribution is 9.09. The van der Waals surface area contributed by atoms with Crippen molar-refractivity contribution in [2.45, 2.75) is 30.7 Å². The molecule has 0 aliphatic heterocycles. The van der Waals surface area contributed by atoms with Crippen LogP contribution in [0.1, 0.15) is 19.8 Å². The lowest BCUT2D eigenvalue weighted by Gasteiger charge is -2.12. The Hall–Kier alpha value is 0.400. The molecule has 0 bridgehead atoms. The molecule has 0 aromatic heterocycles. The first-order valence-corrected chi connectivity index (χ1v) is 4.07. The molecule has 0 saturated carbocycles. The smallest absolute Gasteiger partial charge is 0.0895 e. The number of hydrogen-bond acceptors (Lipinski definition) is 2. The van der Waals surface area contributed by atoms with E-state index in [1.807, 2.05) is 6.92 Å². The van der Waals surface area contributed by atoms with E-state index in [1.165, 1.54) is 0 Å². The van der Waals surface area contributed by atoms with Crippen LogP contribution in [0.15, 0.2) is 0 Å². The summed E-state index contributed by atoms with van der Waals surface area (Å²) in [4.78, 5) is 0.0486. The zero-order chi connectivity index (χ0) is 7.28. The minimum absolute atomic E-state index is 0.0486. The molecule has 0 saturated heterocycles. The van der Waals surface area contributed by atoms with Crippen molar-refractivity contribution in [3.05, 3.63) is 0 Å². The maximum absolute atomic E-state index is 8.96. The lowest BCUT2D eigenvalue weighted by atomic mass is 10.2. The summed E-state index contributed by atoms with van der Waals surface area (Å²) in [5.41, 5.74) is 0. The van der Waals surface area contributed by atoms with Gasteiger partial charge in [-0.2, -0.15) is 0 Å². The molecule has 0 unspecified atom stereocenters. The number of halogens is 1. The molecule has 0 rings (SSSR count). The Labute approximate surface area is 64.0 Å². The van der Waals surface area contributed by atoms with Crippen molar-refractivity contribution in [1.29, 1.82) is 0 Å². The van der Waals surface area contributed by atoms with E-state index < -0.39 is 6.10 Å². The minimum Gasteiger partial charge on any atom is -0.394 e. The quantitative estimate of drug-likeness (QED) is 0.657.